The highest BCUT2D eigenvalue weighted by Gasteiger charge is 2.38. The Balaban J connectivity index is 1.66. The molecule has 0 aromatic heterocycles. The van der Waals surface area contributed by atoms with Gasteiger partial charge in [0.1, 0.15) is 11.5 Å². The second-order valence-electron chi connectivity index (χ2n) is 11.3. The Hall–Kier alpha value is -2.78. The zero-order chi connectivity index (χ0) is 27.1. The van der Waals surface area contributed by atoms with Crippen molar-refractivity contribution in [3.63, 3.8) is 0 Å². The van der Waals surface area contributed by atoms with Gasteiger partial charge in [-0.05, 0) is 46.2 Å². The van der Waals surface area contributed by atoms with Gasteiger partial charge in [-0.15, -0.1) is 0 Å². The summed E-state index contributed by atoms with van der Waals surface area (Å²) in [6, 6.07) is 34.3. The predicted molar refractivity (Wildman–Crippen MR) is 163 cm³/mol. The highest BCUT2D eigenvalue weighted by Crippen LogP contribution is 2.52. The van der Waals surface area contributed by atoms with E-state index in [2.05, 4.69) is 123 Å². The first-order valence-corrected chi connectivity index (χ1v) is 15.6. The van der Waals surface area contributed by atoms with E-state index < -0.39 is 18.9 Å². The van der Waals surface area contributed by atoms with E-state index in [1.54, 1.807) is 0 Å². The van der Waals surface area contributed by atoms with Crippen LogP contribution in [-0.2, 0) is 16.4 Å². The predicted octanol–water partition coefficient (Wildman–Crippen LogP) is 6.99. The summed E-state index contributed by atoms with van der Waals surface area (Å²) in [5.74, 6) is 1.82. The highest BCUT2D eigenvalue weighted by molar-refractivity contribution is 7.84. The molecule has 4 aromatic rings. The molecular weight excluding hydrogens is 505 g/mol. The van der Waals surface area contributed by atoms with E-state index >= 15 is 0 Å². The lowest BCUT2D eigenvalue weighted by atomic mass is 9.75. The minimum absolute atomic E-state index is 0.140. The number of nitrogens with one attached hydrogen (secondary N) is 1. The van der Waals surface area contributed by atoms with E-state index in [0.29, 0.717) is 0 Å². The monoisotopic (exact) mass is 541 g/mol. The van der Waals surface area contributed by atoms with E-state index in [-0.39, 0.29) is 16.2 Å². The standard InChI is InChI=1S/C33H36NO2PS/c1-23(34-38(35)32(2,3)4)26-19-13-20-27-30(26)36-31-28(33(27,5)6)21-14-22-29(31)37(24-15-9-7-10-16-24)25-17-11-8-12-18-25/h7-23,34H,1-6H3/t23-,38?/m1/s1. The Labute approximate surface area is 231 Å². The summed E-state index contributed by atoms with van der Waals surface area (Å²) in [5, 5.41) is 3.79. The van der Waals surface area contributed by atoms with Crippen LogP contribution in [0.3, 0.4) is 0 Å². The van der Waals surface area contributed by atoms with Crippen molar-refractivity contribution in [3.05, 3.63) is 114 Å². The van der Waals surface area contributed by atoms with Gasteiger partial charge in [0.15, 0.2) is 0 Å². The van der Waals surface area contributed by atoms with Crippen molar-refractivity contribution < 1.29 is 8.95 Å². The fourth-order valence-corrected chi connectivity index (χ4v) is 8.23. The summed E-state index contributed by atoms with van der Waals surface area (Å²) in [7, 11) is -2.03. The molecule has 0 bridgehead atoms. The van der Waals surface area contributed by atoms with Crippen LogP contribution in [0.25, 0.3) is 0 Å². The lowest BCUT2D eigenvalue weighted by Crippen LogP contribution is -2.35. The minimum atomic E-state index is -1.20. The lowest BCUT2D eigenvalue weighted by molar-refractivity contribution is 0.412. The first kappa shape index (κ1) is 26.8. The van der Waals surface area contributed by atoms with E-state index in [4.69, 9.17) is 4.74 Å². The largest absolute Gasteiger partial charge is 0.456 e. The molecule has 0 spiro atoms. The molecule has 1 unspecified atom stereocenters. The zero-order valence-electron chi connectivity index (χ0n) is 23.0. The van der Waals surface area contributed by atoms with Crippen molar-refractivity contribution in [2.75, 3.05) is 0 Å². The number of para-hydroxylation sites is 2. The summed E-state index contributed by atoms with van der Waals surface area (Å²) in [4.78, 5) is 0. The molecule has 5 heteroatoms. The van der Waals surface area contributed by atoms with E-state index in [0.717, 1.165) is 22.6 Å². The van der Waals surface area contributed by atoms with Crippen LogP contribution >= 0.6 is 7.92 Å². The van der Waals surface area contributed by atoms with Gasteiger partial charge >= 0.3 is 0 Å². The van der Waals surface area contributed by atoms with Crippen LogP contribution in [0.5, 0.6) is 11.5 Å². The van der Waals surface area contributed by atoms with Crippen molar-refractivity contribution in [2.45, 2.75) is 57.7 Å². The van der Waals surface area contributed by atoms with Crippen LogP contribution in [0.4, 0.5) is 0 Å². The summed E-state index contributed by atoms with van der Waals surface area (Å²) < 4.78 is 22.9. The van der Waals surface area contributed by atoms with Gasteiger partial charge in [-0.3, -0.25) is 0 Å². The smallest absolute Gasteiger partial charge is 0.139 e. The zero-order valence-corrected chi connectivity index (χ0v) is 24.7. The molecule has 5 rings (SSSR count). The fraction of sp³-hybridized carbons (Fsp3) is 0.273. The molecule has 0 saturated heterocycles. The van der Waals surface area contributed by atoms with E-state index in [1.165, 1.54) is 21.5 Å². The molecule has 0 amide bonds. The molecule has 0 fully saturated rings. The summed E-state index contributed by atoms with van der Waals surface area (Å²) >= 11 is 0. The molecule has 0 saturated carbocycles. The molecule has 1 N–H and O–H groups in total. The number of benzene rings is 4. The number of fused-ring (bicyclic) bond motifs is 2. The van der Waals surface area contributed by atoms with Gasteiger partial charge in [0.25, 0.3) is 0 Å². The average Bonchev–Trinajstić information content (AvgIpc) is 2.90. The number of hydrogen-bond acceptors (Lipinski definition) is 2. The Kier molecular flexibility index (Phi) is 7.35. The van der Waals surface area contributed by atoms with Gasteiger partial charge in [0.2, 0.25) is 0 Å². The van der Waals surface area contributed by atoms with E-state index in [9.17, 15) is 4.21 Å². The molecule has 4 aromatic carbocycles. The molecule has 0 aliphatic carbocycles. The van der Waals surface area contributed by atoms with Gasteiger partial charge in [-0.25, -0.2) is 8.93 Å². The van der Waals surface area contributed by atoms with Gasteiger partial charge in [-0.2, -0.15) is 0 Å². The lowest BCUT2D eigenvalue weighted by Gasteiger charge is -2.38. The summed E-state index contributed by atoms with van der Waals surface area (Å²) in [6.07, 6.45) is 0. The van der Waals surface area contributed by atoms with E-state index in [1.807, 2.05) is 20.8 Å². The van der Waals surface area contributed by atoms with Crippen molar-refractivity contribution in [2.24, 2.45) is 0 Å². The normalized spacial score (nSPS) is 15.8. The van der Waals surface area contributed by atoms with Crippen LogP contribution in [-0.4, -0.2) is 8.96 Å². The summed E-state index contributed by atoms with van der Waals surface area (Å²) in [6.45, 7) is 12.6. The molecule has 196 valence electrons. The minimum Gasteiger partial charge on any atom is -0.456 e. The Morgan fingerprint density at radius 1 is 0.763 bits per heavy atom. The first-order chi connectivity index (χ1) is 18.1. The van der Waals surface area contributed by atoms with Gasteiger partial charge in [0.05, 0.1) is 15.7 Å². The molecule has 38 heavy (non-hydrogen) atoms. The first-order valence-electron chi connectivity index (χ1n) is 13.1. The molecular formula is C33H36NO2PS. The average molecular weight is 542 g/mol. The number of rotatable bonds is 6. The van der Waals surface area contributed by atoms with Crippen LogP contribution in [0.2, 0.25) is 0 Å². The quantitative estimate of drug-likeness (QED) is 0.267. The highest BCUT2D eigenvalue weighted by atomic mass is 32.2. The molecule has 3 nitrogen and oxygen atoms in total. The van der Waals surface area contributed by atoms with Crippen LogP contribution in [0.1, 0.15) is 64.3 Å². The maximum atomic E-state index is 13.0. The van der Waals surface area contributed by atoms with Crippen LogP contribution in [0.15, 0.2) is 97.1 Å². The topological polar surface area (TPSA) is 38.3 Å². The molecule has 2 atom stereocenters. The van der Waals surface area contributed by atoms with Gasteiger partial charge in [-0.1, -0.05) is 111 Å². The Morgan fingerprint density at radius 2 is 1.29 bits per heavy atom. The molecule has 0 radical (unpaired) electrons. The number of ether oxygens (including phenoxy) is 1. The van der Waals surface area contributed by atoms with Crippen molar-refractivity contribution in [1.29, 1.82) is 0 Å². The van der Waals surface area contributed by atoms with Gasteiger partial charge < -0.3 is 4.74 Å². The third-order valence-electron chi connectivity index (χ3n) is 7.17. The third kappa shape index (κ3) is 4.98. The second-order valence-corrected chi connectivity index (χ2v) is 15.5. The maximum absolute atomic E-state index is 13.0. The molecule has 1 aliphatic heterocycles. The third-order valence-corrected chi connectivity index (χ3v) is 11.3. The number of hydrogen-bond donors (Lipinski definition) is 1. The SMILES string of the molecule is C[C@@H](NS(=O)C(C)(C)C)c1cccc2c1Oc1c(P(c3ccccc3)c3ccccc3)cccc1C2(C)C. The maximum Gasteiger partial charge on any atom is 0.139 e. The molecule has 1 heterocycles. The van der Waals surface area contributed by atoms with Crippen LogP contribution < -0.4 is 25.4 Å². The summed E-state index contributed by atoms with van der Waals surface area (Å²) in [5.41, 5.74) is 3.11. The second kappa shape index (κ2) is 10.4. The van der Waals surface area contributed by atoms with Crippen molar-refractivity contribution in [3.8, 4) is 11.5 Å². The van der Waals surface area contributed by atoms with Gasteiger partial charge in [0, 0.05) is 33.5 Å². The Bertz CT molecular complexity index is 1420. The van der Waals surface area contributed by atoms with Crippen molar-refractivity contribution >= 4 is 34.8 Å². The fourth-order valence-electron chi connectivity index (χ4n) is 5.03. The Morgan fingerprint density at radius 3 is 1.84 bits per heavy atom. The molecule has 1 aliphatic rings. The van der Waals surface area contributed by atoms with Crippen molar-refractivity contribution in [1.82, 2.24) is 4.72 Å². The van der Waals surface area contributed by atoms with Crippen LogP contribution in [0, 0.1) is 0 Å².